The van der Waals surface area contributed by atoms with E-state index in [2.05, 4.69) is 340 Å². The second-order valence-electron chi connectivity index (χ2n) is 26.0. The van der Waals surface area contributed by atoms with E-state index in [1.165, 1.54) is 120 Å². The first-order valence-electron chi connectivity index (χ1n) is 33.8. The van der Waals surface area contributed by atoms with Gasteiger partial charge in [-0.15, -0.1) is 0 Å². The van der Waals surface area contributed by atoms with E-state index in [0.717, 1.165) is 88.2 Å². The Kier molecular flexibility index (Phi) is 12.7. The first kappa shape index (κ1) is 55.6. The Morgan fingerprint density at radius 1 is 0.133 bits per heavy atom. The van der Waals surface area contributed by atoms with E-state index >= 15 is 0 Å². The molecule has 0 bridgehead atoms. The molecule has 0 spiro atoms. The van der Waals surface area contributed by atoms with Gasteiger partial charge in [0.2, 0.25) is 0 Å². The highest BCUT2D eigenvalue weighted by Gasteiger charge is 2.26. The number of fused-ring (bicyclic) bond motifs is 12. The summed E-state index contributed by atoms with van der Waals surface area (Å²) in [5.74, 6) is 0. The van der Waals surface area contributed by atoms with Gasteiger partial charge in [0.15, 0.2) is 0 Å². The normalized spacial score (nSPS) is 11.9. The molecule has 0 aliphatic heterocycles. The third-order valence-corrected chi connectivity index (χ3v) is 20.6. The van der Waals surface area contributed by atoms with Crippen molar-refractivity contribution in [2.75, 3.05) is 0 Å². The number of rotatable bonds is 9. The van der Waals surface area contributed by atoms with Crippen molar-refractivity contribution < 1.29 is 8.83 Å². The minimum absolute atomic E-state index is 0.883. The van der Waals surface area contributed by atoms with Gasteiger partial charge in [0.1, 0.15) is 22.3 Å². The van der Waals surface area contributed by atoms with Gasteiger partial charge < -0.3 is 8.83 Å². The minimum atomic E-state index is 0.883. The van der Waals surface area contributed by atoms with Crippen LogP contribution in [0, 0.1) is 0 Å². The molecular formula is C96H58O2. The molecule has 0 atom stereocenters. The van der Waals surface area contributed by atoms with Crippen LogP contribution in [0.5, 0.6) is 0 Å². The molecule has 2 heteroatoms. The monoisotopic (exact) mass is 1240 g/mol. The summed E-state index contributed by atoms with van der Waals surface area (Å²) in [4.78, 5) is 0. The van der Waals surface area contributed by atoms with Crippen molar-refractivity contribution in [1.29, 1.82) is 0 Å². The smallest absolute Gasteiger partial charge is 0.136 e. The fraction of sp³-hybridized carbons (Fsp3) is 0. The minimum Gasteiger partial charge on any atom is -0.456 e. The first-order chi connectivity index (χ1) is 48.6. The van der Waals surface area contributed by atoms with E-state index in [-0.39, 0.29) is 0 Å². The maximum Gasteiger partial charge on any atom is 0.136 e. The van der Waals surface area contributed by atoms with Crippen LogP contribution in [-0.4, -0.2) is 0 Å². The molecule has 0 aliphatic carbocycles. The zero-order valence-corrected chi connectivity index (χ0v) is 53.3. The first-order valence-corrected chi connectivity index (χ1v) is 33.8. The number of para-hydroxylation sites is 2. The molecule has 0 unspecified atom stereocenters. The topological polar surface area (TPSA) is 26.3 Å². The second kappa shape index (κ2) is 22.4. The lowest BCUT2D eigenvalue weighted by molar-refractivity contribution is 0.668. The van der Waals surface area contributed by atoms with Crippen molar-refractivity contribution in [3.05, 3.63) is 352 Å². The van der Waals surface area contributed by atoms with Crippen LogP contribution in [-0.2, 0) is 0 Å². The second-order valence-corrected chi connectivity index (χ2v) is 26.0. The average Bonchev–Trinajstić information content (AvgIpc) is 0.805. The van der Waals surface area contributed by atoms with Gasteiger partial charge in [0, 0.05) is 21.5 Å². The molecule has 20 rings (SSSR count). The van der Waals surface area contributed by atoms with Crippen molar-refractivity contribution in [1.82, 2.24) is 0 Å². The van der Waals surface area contributed by atoms with Crippen LogP contribution in [0.4, 0.5) is 0 Å². The molecule has 2 heterocycles. The highest BCUT2D eigenvalue weighted by Crippen LogP contribution is 2.53. The Morgan fingerprint density at radius 2 is 0.490 bits per heavy atom. The maximum atomic E-state index is 6.58. The molecule has 20 aromatic rings. The fourth-order valence-corrected chi connectivity index (χ4v) is 16.3. The van der Waals surface area contributed by atoms with E-state index in [4.69, 9.17) is 8.83 Å². The van der Waals surface area contributed by atoms with E-state index in [0.29, 0.717) is 0 Å². The van der Waals surface area contributed by atoms with Gasteiger partial charge >= 0.3 is 0 Å². The molecule has 2 nitrogen and oxygen atoms in total. The lowest BCUT2D eigenvalue weighted by atomic mass is 9.80. The summed E-state index contributed by atoms with van der Waals surface area (Å²) in [6.45, 7) is 0. The summed E-state index contributed by atoms with van der Waals surface area (Å²) in [7, 11) is 0. The Hall–Kier alpha value is -12.9. The summed E-state index contributed by atoms with van der Waals surface area (Å²) in [5.41, 5.74) is 24.7. The number of hydrogen-bond donors (Lipinski definition) is 0. The summed E-state index contributed by atoms with van der Waals surface area (Å²) >= 11 is 0. The summed E-state index contributed by atoms with van der Waals surface area (Å²) in [5, 5.41) is 18.8. The average molecular weight is 1240 g/mol. The predicted molar refractivity (Wildman–Crippen MR) is 415 cm³/mol. The number of hydrogen-bond acceptors (Lipinski definition) is 2. The van der Waals surface area contributed by atoms with Crippen molar-refractivity contribution in [3.63, 3.8) is 0 Å². The van der Waals surface area contributed by atoms with Crippen molar-refractivity contribution in [2.24, 2.45) is 0 Å². The Morgan fingerprint density at radius 3 is 1.04 bits per heavy atom. The zero-order valence-electron chi connectivity index (χ0n) is 53.3. The highest BCUT2D eigenvalue weighted by atomic mass is 16.3. The number of benzene rings is 18. The predicted octanol–water partition coefficient (Wildman–Crippen LogP) is 27.4. The highest BCUT2D eigenvalue weighted by molar-refractivity contribution is 6.27. The van der Waals surface area contributed by atoms with Crippen molar-refractivity contribution >= 4 is 109 Å². The van der Waals surface area contributed by atoms with Gasteiger partial charge in [-0.05, 0) is 225 Å². The van der Waals surface area contributed by atoms with Gasteiger partial charge in [0.05, 0.1) is 0 Å². The standard InChI is InChI=1S/C96H58O2/c1-3-23-59(24-4-1)68-28-9-10-30-72(68)85-52-45-64-53-61(44-49-71(64)95(85)96-83-39-17-13-35-79(83)93(80-36-14-18-40-84(80)96)66-47-51-76-74-32-20-22-42-89(74)98-91(76)58-66)62-43-48-70(60-25-5-2-6-26-60)86(55-62)67-54-63-27-7-8-29-69(63)87(56-67)94-81-37-15-11-33-77(81)92(78-34-12-16-38-82(78)94)65-46-50-75-73-31-19-21-41-88(73)97-90(75)57-65/h1-58H. The van der Waals surface area contributed by atoms with Crippen LogP contribution in [0.1, 0.15) is 0 Å². The van der Waals surface area contributed by atoms with E-state index in [1.54, 1.807) is 0 Å². The van der Waals surface area contributed by atoms with Crippen LogP contribution in [0.25, 0.3) is 209 Å². The Labute approximate surface area is 565 Å². The summed E-state index contributed by atoms with van der Waals surface area (Å²) < 4.78 is 13.1. The molecule has 0 aliphatic rings. The van der Waals surface area contributed by atoms with Crippen LogP contribution in [0.15, 0.2) is 361 Å². The molecule has 0 fully saturated rings. The van der Waals surface area contributed by atoms with Gasteiger partial charge in [0.25, 0.3) is 0 Å². The molecule has 0 N–H and O–H groups in total. The quantitative estimate of drug-likeness (QED) is 0.135. The lowest BCUT2D eigenvalue weighted by Crippen LogP contribution is -1.95. The molecule has 0 saturated carbocycles. The Balaban J connectivity index is 0.793. The van der Waals surface area contributed by atoms with E-state index in [9.17, 15) is 0 Å². The van der Waals surface area contributed by atoms with Crippen LogP contribution < -0.4 is 0 Å². The molecule has 18 aromatic carbocycles. The lowest BCUT2D eigenvalue weighted by Gasteiger charge is -2.22. The zero-order chi connectivity index (χ0) is 64.4. The van der Waals surface area contributed by atoms with Crippen LogP contribution in [0.2, 0.25) is 0 Å². The van der Waals surface area contributed by atoms with Gasteiger partial charge in [-0.25, -0.2) is 0 Å². The molecule has 0 saturated heterocycles. The molecule has 0 amide bonds. The number of furan rings is 2. The molecule has 98 heavy (non-hydrogen) atoms. The summed E-state index contributed by atoms with van der Waals surface area (Å²) in [6.07, 6.45) is 0. The van der Waals surface area contributed by atoms with Crippen molar-refractivity contribution in [2.45, 2.75) is 0 Å². The molecule has 2 aromatic heterocycles. The van der Waals surface area contributed by atoms with Crippen LogP contribution >= 0.6 is 0 Å². The fourth-order valence-electron chi connectivity index (χ4n) is 16.3. The third-order valence-electron chi connectivity index (χ3n) is 20.6. The van der Waals surface area contributed by atoms with E-state index in [1.807, 2.05) is 12.1 Å². The summed E-state index contributed by atoms with van der Waals surface area (Å²) in [6, 6.07) is 130. The largest absolute Gasteiger partial charge is 0.456 e. The van der Waals surface area contributed by atoms with Crippen molar-refractivity contribution in [3.8, 4) is 100 Å². The Bertz CT molecular complexity index is 6550. The van der Waals surface area contributed by atoms with Gasteiger partial charge in [-0.2, -0.15) is 0 Å². The van der Waals surface area contributed by atoms with E-state index < -0.39 is 0 Å². The molecular weight excluding hydrogens is 1190 g/mol. The molecule has 0 radical (unpaired) electrons. The maximum absolute atomic E-state index is 6.58. The van der Waals surface area contributed by atoms with Gasteiger partial charge in [-0.3, -0.25) is 0 Å². The molecule has 454 valence electrons. The van der Waals surface area contributed by atoms with Gasteiger partial charge in [-0.1, -0.05) is 291 Å². The third kappa shape index (κ3) is 8.82. The van der Waals surface area contributed by atoms with Crippen LogP contribution in [0.3, 0.4) is 0 Å². The SMILES string of the molecule is c1ccc(-c2ccc(-c3ccc4c(-c5c6ccccc6c(-c6ccc7c(c6)oc6ccccc67)c6ccccc56)c(-c5ccccc5-c5ccccc5)ccc4c3)cc2-c2cc(-c3c4ccccc4c(-c4ccc5c(c4)oc4ccccc45)c4ccccc34)c3ccccc3c2)cc1.